The maximum absolute atomic E-state index is 11.6. The first-order valence-corrected chi connectivity index (χ1v) is 10.9. The van der Waals surface area contributed by atoms with Crippen molar-refractivity contribution >= 4 is 39.8 Å². The van der Waals surface area contributed by atoms with Crippen LogP contribution in [0.3, 0.4) is 0 Å². The Morgan fingerprint density at radius 1 is 1.29 bits per heavy atom. The number of halogens is 1. The number of piperidine rings is 1. The minimum atomic E-state index is -2.92. The van der Waals surface area contributed by atoms with Crippen molar-refractivity contribution in [2.45, 2.75) is 52.4 Å². The predicted molar refractivity (Wildman–Crippen MR) is 112 cm³/mol. The van der Waals surface area contributed by atoms with E-state index in [0.717, 1.165) is 31.9 Å². The van der Waals surface area contributed by atoms with Crippen molar-refractivity contribution < 1.29 is 8.42 Å². The first-order valence-electron chi connectivity index (χ1n) is 8.84. The maximum Gasteiger partial charge on any atom is 0.193 e. The Bertz CT molecular complexity index is 542. The average Bonchev–Trinajstić information content (AvgIpc) is 3.17. The number of hydrogen-bond acceptors (Lipinski definition) is 3. The van der Waals surface area contributed by atoms with Crippen molar-refractivity contribution in [3.8, 4) is 0 Å². The molecule has 0 aromatic carbocycles. The molecule has 0 aromatic rings. The lowest BCUT2D eigenvalue weighted by atomic mass is 9.78. The molecule has 2 rings (SSSR count). The molecule has 2 aliphatic rings. The van der Waals surface area contributed by atoms with Gasteiger partial charge in [0, 0.05) is 38.4 Å². The van der Waals surface area contributed by atoms with E-state index in [0.29, 0.717) is 12.0 Å². The van der Waals surface area contributed by atoms with Crippen LogP contribution in [0.5, 0.6) is 0 Å². The maximum atomic E-state index is 11.6. The summed E-state index contributed by atoms with van der Waals surface area (Å²) in [5.74, 6) is 1.23. The summed E-state index contributed by atoms with van der Waals surface area (Å²) >= 11 is 0. The molecular weight excluding hydrogens is 437 g/mol. The van der Waals surface area contributed by atoms with Crippen molar-refractivity contribution in [2.75, 3.05) is 38.7 Å². The monoisotopic (exact) mass is 471 g/mol. The quantitative estimate of drug-likeness (QED) is 0.368. The van der Waals surface area contributed by atoms with Crippen molar-refractivity contribution in [3.63, 3.8) is 0 Å². The van der Waals surface area contributed by atoms with Crippen molar-refractivity contribution in [1.82, 2.24) is 10.2 Å². The standard InChI is InChI=1S/C17H33N3O2S.HI/c1-5-7-16(2)8-6-11-20(13-16)15(18-3)19-12-17(9-10-17)14-23(4,21)22;/h5-14H2,1-4H3,(H,18,19);1H. The molecule has 1 aliphatic carbocycles. The second-order valence-electron chi connectivity index (χ2n) is 8.06. The lowest BCUT2D eigenvalue weighted by Gasteiger charge is -2.42. The number of guanidine groups is 1. The van der Waals surface area contributed by atoms with Crippen molar-refractivity contribution in [2.24, 2.45) is 15.8 Å². The van der Waals surface area contributed by atoms with Crippen LogP contribution in [0.15, 0.2) is 4.99 Å². The van der Waals surface area contributed by atoms with E-state index in [9.17, 15) is 8.42 Å². The molecule has 1 atom stereocenters. The van der Waals surface area contributed by atoms with Gasteiger partial charge in [-0.15, -0.1) is 24.0 Å². The number of aliphatic imine (C=N–C) groups is 1. The molecule has 5 nitrogen and oxygen atoms in total. The Morgan fingerprint density at radius 3 is 2.46 bits per heavy atom. The van der Waals surface area contributed by atoms with Gasteiger partial charge in [0.15, 0.2) is 5.96 Å². The molecule has 2 fully saturated rings. The summed E-state index contributed by atoms with van der Waals surface area (Å²) in [6, 6.07) is 0. The van der Waals surface area contributed by atoms with Gasteiger partial charge in [-0.05, 0) is 37.5 Å². The molecule has 0 bridgehead atoms. The van der Waals surface area contributed by atoms with Crippen LogP contribution >= 0.6 is 24.0 Å². The number of likely N-dealkylation sites (tertiary alicyclic amines) is 1. The van der Waals surface area contributed by atoms with E-state index in [1.165, 1.54) is 31.9 Å². The largest absolute Gasteiger partial charge is 0.356 e. The first-order chi connectivity index (χ1) is 10.7. The highest BCUT2D eigenvalue weighted by molar-refractivity contribution is 14.0. The Morgan fingerprint density at radius 2 is 1.96 bits per heavy atom. The third-order valence-corrected chi connectivity index (χ3v) is 6.43. The summed E-state index contributed by atoms with van der Waals surface area (Å²) in [6.45, 7) is 7.42. The van der Waals surface area contributed by atoms with E-state index >= 15 is 0 Å². The highest BCUT2D eigenvalue weighted by atomic mass is 127. The summed E-state index contributed by atoms with van der Waals surface area (Å²) < 4.78 is 23.2. The number of rotatable bonds is 6. The molecule has 1 N–H and O–H groups in total. The number of sulfone groups is 1. The van der Waals surface area contributed by atoms with Crippen LogP contribution in [-0.2, 0) is 9.84 Å². The Kier molecular flexibility index (Phi) is 7.84. The minimum absolute atomic E-state index is 0. The van der Waals surface area contributed by atoms with Gasteiger partial charge in [-0.3, -0.25) is 4.99 Å². The molecule has 0 amide bonds. The molecule has 1 saturated heterocycles. The second kappa shape index (κ2) is 8.56. The predicted octanol–water partition coefficient (Wildman–Crippen LogP) is 2.91. The zero-order valence-electron chi connectivity index (χ0n) is 15.6. The van der Waals surface area contributed by atoms with Gasteiger partial charge >= 0.3 is 0 Å². The lowest BCUT2D eigenvalue weighted by Crippen LogP contribution is -2.51. The van der Waals surface area contributed by atoms with Crippen LogP contribution in [0.1, 0.15) is 52.4 Å². The fourth-order valence-corrected chi connectivity index (χ4v) is 5.51. The molecule has 0 aromatic heterocycles. The SMILES string of the molecule is CCCC1(C)CCCN(C(=NC)NCC2(CS(C)(=O)=O)CC2)C1.I. The zero-order chi connectivity index (χ0) is 17.1. The fraction of sp³-hybridized carbons (Fsp3) is 0.941. The van der Waals surface area contributed by atoms with Crippen LogP contribution in [0.25, 0.3) is 0 Å². The van der Waals surface area contributed by atoms with Gasteiger partial charge in [0.25, 0.3) is 0 Å². The minimum Gasteiger partial charge on any atom is -0.356 e. The third-order valence-electron chi connectivity index (χ3n) is 5.29. The highest BCUT2D eigenvalue weighted by Crippen LogP contribution is 2.46. The molecule has 0 spiro atoms. The summed E-state index contributed by atoms with van der Waals surface area (Å²) in [5.41, 5.74) is 0.306. The van der Waals surface area contributed by atoms with E-state index in [2.05, 4.69) is 29.1 Å². The van der Waals surface area contributed by atoms with Gasteiger partial charge in [-0.2, -0.15) is 0 Å². The molecule has 7 heteroatoms. The molecule has 1 saturated carbocycles. The molecule has 24 heavy (non-hydrogen) atoms. The first kappa shape index (κ1) is 22.0. The molecule has 142 valence electrons. The number of hydrogen-bond donors (Lipinski definition) is 1. The fourth-order valence-electron chi connectivity index (χ4n) is 4.01. The Balaban J connectivity index is 0.00000288. The molecular formula is C17H34IN3O2S. The summed E-state index contributed by atoms with van der Waals surface area (Å²) in [5, 5.41) is 3.46. The number of nitrogens with zero attached hydrogens (tertiary/aromatic N) is 2. The van der Waals surface area contributed by atoms with Crippen LogP contribution < -0.4 is 5.32 Å². The van der Waals surface area contributed by atoms with Crippen molar-refractivity contribution in [3.05, 3.63) is 0 Å². The van der Waals surface area contributed by atoms with Gasteiger partial charge in [-0.25, -0.2) is 8.42 Å². The van der Waals surface area contributed by atoms with Gasteiger partial charge in [0.1, 0.15) is 9.84 Å². The Hall–Kier alpha value is -0.0500. The molecule has 0 radical (unpaired) electrons. The van der Waals surface area contributed by atoms with Gasteiger partial charge in [0.05, 0.1) is 5.75 Å². The van der Waals surface area contributed by atoms with Crippen LogP contribution in [0.2, 0.25) is 0 Å². The third kappa shape index (κ3) is 6.35. The van der Waals surface area contributed by atoms with Crippen LogP contribution in [0, 0.1) is 10.8 Å². The van der Waals surface area contributed by atoms with E-state index in [-0.39, 0.29) is 35.1 Å². The topological polar surface area (TPSA) is 61.8 Å². The number of nitrogens with one attached hydrogen (secondary N) is 1. The molecule has 1 heterocycles. The van der Waals surface area contributed by atoms with Crippen LogP contribution in [0.4, 0.5) is 0 Å². The van der Waals surface area contributed by atoms with E-state index in [1.54, 1.807) is 0 Å². The van der Waals surface area contributed by atoms with E-state index in [4.69, 9.17) is 0 Å². The second-order valence-corrected chi connectivity index (χ2v) is 10.2. The summed E-state index contributed by atoms with van der Waals surface area (Å²) in [4.78, 5) is 6.80. The summed E-state index contributed by atoms with van der Waals surface area (Å²) in [6.07, 6.45) is 8.28. The van der Waals surface area contributed by atoms with Gasteiger partial charge in [0.2, 0.25) is 0 Å². The smallest absolute Gasteiger partial charge is 0.193 e. The normalized spacial score (nSPS) is 26.7. The average molecular weight is 471 g/mol. The Labute approximate surface area is 165 Å². The van der Waals surface area contributed by atoms with Gasteiger partial charge in [-0.1, -0.05) is 20.3 Å². The highest BCUT2D eigenvalue weighted by Gasteiger charge is 2.45. The van der Waals surface area contributed by atoms with Crippen LogP contribution in [-0.4, -0.2) is 58.0 Å². The van der Waals surface area contributed by atoms with E-state index in [1.807, 2.05) is 7.05 Å². The van der Waals surface area contributed by atoms with Crippen molar-refractivity contribution in [1.29, 1.82) is 0 Å². The zero-order valence-corrected chi connectivity index (χ0v) is 18.7. The lowest BCUT2D eigenvalue weighted by molar-refractivity contribution is 0.142. The van der Waals surface area contributed by atoms with E-state index < -0.39 is 9.84 Å². The molecule has 1 aliphatic heterocycles. The van der Waals surface area contributed by atoms with Gasteiger partial charge < -0.3 is 10.2 Å². The summed E-state index contributed by atoms with van der Waals surface area (Å²) in [7, 11) is -1.09. The molecule has 1 unspecified atom stereocenters.